The van der Waals surface area contributed by atoms with Crippen LogP contribution in [0.1, 0.15) is 133 Å². The SMILES string of the molecule is C.CC(C)CCCC(C)C1CCC2C3CC=C4CC(C)CCC4(C)C3CCC12C.CC1CCOC1.COC.COC. The Morgan fingerprint density at radius 2 is 1.51 bits per heavy atom. The zero-order valence-electron chi connectivity index (χ0n) is 28.8. The van der Waals surface area contributed by atoms with E-state index >= 15 is 0 Å². The highest BCUT2D eigenvalue weighted by atomic mass is 16.5. The minimum absolute atomic E-state index is 0. The van der Waals surface area contributed by atoms with Crippen LogP contribution in [0.3, 0.4) is 0 Å². The molecule has 1 heterocycles. The summed E-state index contributed by atoms with van der Waals surface area (Å²) in [6, 6.07) is 0. The molecule has 9 unspecified atom stereocenters. The van der Waals surface area contributed by atoms with Crippen LogP contribution in [-0.4, -0.2) is 41.7 Å². The first-order valence-corrected chi connectivity index (χ1v) is 17.1. The van der Waals surface area contributed by atoms with Gasteiger partial charge in [-0.05, 0) is 116 Å². The van der Waals surface area contributed by atoms with Crippen molar-refractivity contribution in [3.63, 3.8) is 0 Å². The van der Waals surface area contributed by atoms with Gasteiger partial charge in [-0.15, -0.1) is 0 Å². The van der Waals surface area contributed by atoms with Crippen molar-refractivity contribution in [2.75, 3.05) is 41.7 Å². The second kappa shape index (κ2) is 18.4. The molecular weight excluding hydrogens is 504 g/mol. The lowest BCUT2D eigenvalue weighted by Gasteiger charge is -2.58. The summed E-state index contributed by atoms with van der Waals surface area (Å²) >= 11 is 0. The molecule has 3 heteroatoms. The molecular formula is C38H74O3. The Bertz CT molecular complexity index is 723. The fourth-order valence-electron chi connectivity index (χ4n) is 9.52. The molecule has 5 aliphatic rings. The number of hydrogen-bond donors (Lipinski definition) is 0. The van der Waals surface area contributed by atoms with Gasteiger partial charge in [0.15, 0.2) is 0 Å². The van der Waals surface area contributed by atoms with E-state index in [1.165, 1.54) is 77.0 Å². The molecule has 0 amide bonds. The van der Waals surface area contributed by atoms with Gasteiger partial charge in [0, 0.05) is 41.7 Å². The molecule has 0 N–H and O–H groups in total. The molecule has 1 saturated heterocycles. The van der Waals surface area contributed by atoms with Gasteiger partial charge in [0.25, 0.3) is 0 Å². The molecule has 0 aromatic heterocycles. The number of ether oxygens (including phenoxy) is 3. The summed E-state index contributed by atoms with van der Waals surface area (Å²) < 4.78 is 13.6. The van der Waals surface area contributed by atoms with Gasteiger partial charge in [0.05, 0.1) is 0 Å². The average Bonchev–Trinajstić information content (AvgIpc) is 3.51. The topological polar surface area (TPSA) is 27.7 Å². The van der Waals surface area contributed by atoms with E-state index in [9.17, 15) is 0 Å². The Morgan fingerprint density at radius 3 is 2.05 bits per heavy atom. The summed E-state index contributed by atoms with van der Waals surface area (Å²) in [6.07, 6.45) is 20.2. The third-order valence-corrected chi connectivity index (χ3v) is 11.7. The maximum atomic E-state index is 5.06. The van der Waals surface area contributed by atoms with Crippen LogP contribution in [0.4, 0.5) is 0 Å². The average molecular weight is 579 g/mol. The third-order valence-electron chi connectivity index (χ3n) is 11.7. The molecule has 1 aliphatic heterocycles. The van der Waals surface area contributed by atoms with Crippen LogP contribution in [0.2, 0.25) is 0 Å². The first-order chi connectivity index (χ1) is 19.0. The molecule has 41 heavy (non-hydrogen) atoms. The van der Waals surface area contributed by atoms with Gasteiger partial charge in [-0.25, -0.2) is 0 Å². The number of methoxy groups -OCH3 is 2. The smallest absolute Gasteiger partial charge is 0.0492 e. The van der Waals surface area contributed by atoms with E-state index in [1.54, 1.807) is 28.4 Å². The molecule has 0 aromatic rings. The van der Waals surface area contributed by atoms with Crippen molar-refractivity contribution in [1.29, 1.82) is 0 Å². The van der Waals surface area contributed by atoms with Crippen molar-refractivity contribution < 1.29 is 14.2 Å². The third kappa shape index (κ3) is 10.1. The van der Waals surface area contributed by atoms with Gasteiger partial charge in [0.1, 0.15) is 0 Å². The Hall–Kier alpha value is -0.380. The van der Waals surface area contributed by atoms with Crippen molar-refractivity contribution in [2.45, 2.75) is 133 Å². The van der Waals surface area contributed by atoms with Gasteiger partial charge in [-0.2, -0.15) is 0 Å². The fraction of sp³-hybridized carbons (Fsp3) is 0.947. The summed E-state index contributed by atoms with van der Waals surface area (Å²) in [4.78, 5) is 0. The lowest BCUT2D eigenvalue weighted by molar-refractivity contribution is -0.0523. The highest BCUT2D eigenvalue weighted by Gasteiger charge is 2.58. The normalized spacial score (nSPS) is 37.7. The van der Waals surface area contributed by atoms with E-state index in [-0.39, 0.29) is 7.43 Å². The van der Waals surface area contributed by atoms with Crippen molar-refractivity contribution in [3.05, 3.63) is 11.6 Å². The lowest BCUT2D eigenvalue weighted by atomic mass is 9.46. The monoisotopic (exact) mass is 579 g/mol. The first-order valence-electron chi connectivity index (χ1n) is 17.1. The maximum absolute atomic E-state index is 5.06. The Morgan fingerprint density at radius 1 is 0.854 bits per heavy atom. The summed E-state index contributed by atoms with van der Waals surface area (Å²) in [6.45, 7) is 19.4. The number of allylic oxidation sites excluding steroid dienone is 2. The van der Waals surface area contributed by atoms with Gasteiger partial charge < -0.3 is 14.2 Å². The van der Waals surface area contributed by atoms with Gasteiger partial charge in [-0.3, -0.25) is 0 Å². The van der Waals surface area contributed by atoms with E-state index in [0.29, 0.717) is 10.8 Å². The molecule has 0 radical (unpaired) electrons. The predicted molar refractivity (Wildman–Crippen MR) is 179 cm³/mol. The quantitative estimate of drug-likeness (QED) is 0.304. The zero-order chi connectivity index (χ0) is 29.9. The summed E-state index contributed by atoms with van der Waals surface area (Å²) in [7, 11) is 6.50. The van der Waals surface area contributed by atoms with Crippen molar-refractivity contribution in [3.8, 4) is 0 Å². The second-order valence-corrected chi connectivity index (χ2v) is 15.4. The van der Waals surface area contributed by atoms with Crippen molar-refractivity contribution in [2.24, 2.45) is 58.2 Å². The second-order valence-electron chi connectivity index (χ2n) is 15.4. The zero-order valence-corrected chi connectivity index (χ0v) is 28.8. The standard InChI is InChI=1S/C28H48.C5H10O.2C2H6O.CH4/c1-19(2)8-7-9-21(4)24-12-13-25-23-11-10-22-18-20(3)14-16-27(22,5)26(23)15-17-28(24,25)6;1-5-2-3-6-4-5;2*1-3-2;/h10,19-21,23-26H,7-9,11-18H2,1-6H3;5H,2-4H2,1H3;2*1-2H3;1H4. The van der Waals surface area contributed by atoms with Gasteiger partial charge >= 0.3 is 0 Å². The predicted octanol–water partition coefficient (Wildman–Crippen LogP) is 10.9. The number of fused-ring (bicyclic) bond motifs is 5. The molecule has 0 bridgehead atoms. The van der Waals surface area contributed by atoms with E-state index in [1.807, 2.05) is 5.57 Å². The Balaban J connectivity index is 0.000000546. The number of hydrogen-bond acceptors (Lipinski definition) is 3. The summed E-state index contributed by atoms with van der Waals surface area (Å²) in [5.41, 5.74) is 3.06. The molecule has 4 aliphatic carbocycles. The molecule has 0 aromatic carbocycles. The largest absolute Gasteiger partial charge is 0.388 e. The maximum Gasteiger partial charge on any atom is 0.0492 e. The van der Waals surface area contributed by atoms with E-state index in [4.69, 9.17) is 4.74 Å². The molecule has 3 nitrogen and oxygen atoms in total. The summed E-state index contributed by atoms with van der Waals surface area (Å²) in [5, 5.41) is 0. The van der Waals surface area contributed by atoms with Crippen LogP contribution in [-0.2, 0) is 14.2 Å². The molecule has 0 spiro atoms. The van der Waals surface area contributed by atoms with E-state index < -0.39 is 0 Å². The molecule has 244 valence electrons. The highest BCUT2D eigenvalue weighted by molar-refractivity contribution is 5.25. The van der Waals surface area contributed by atoms with Crippen LogP contribution >= 0.6 is 0 Å². The van der Waals surface area contributed by atoms with Crippen molar-refractivity contribution in [1.82, 2.24) is 0 Å². The lowest BCUT2D eigenvalue weighted by Crippen LogP contribution is -2.50. The van der Waals surface area contributed by atoms with Crippen LogP contribution in [0.25, 0.3) is 0 Å². The van der Waals surface area contributed by atoms with Crippen LogP contribution in [0, 0.1) is 58.2 Å². The number of rotatable bonds is 5. The van der Waals surface area contributed by atoms with Crippen molar-refractivity contribution >= 4 is 0 Å². The molecule has 3 saturated carbocycles. The minimum Gasteiger partial charge on any atom is -0.388 e. The Labute approximate surface area is 258 Å². The highest BCUT2D eigenvalue weighted by Crippen LogP contribution is 2.67. The van der Waals surface area contributed by atoms with Gasteiger partial charge in [0.2, 0.25) is 0 Å². The van der Waals surface area contributed by atoms with E-state index in [2.05, 4.69) is 64.0 Å². The Kier molecular flexibility index (Phi) is 17.4. The molecule has 9 atom stereocenters. The minimum atomic E-state index is 0. The van der Waals surface area contributed by atoms with E-state index in [0.717, 1.165) is 60.6 Å². The first kappa shape index (κ1) is 38.6. The molecule has 4 fully saturated rings. The van der Waals surface area contributed by atoms with Gasteiger partial charge in [-0.1, -0.05) is 86.8 Å². The molecule has 5 rings (SSSR count). The summed E-state index contributed by atoms with van der Waals surface area (Å²) in [5.74, 6) is 7.55. The van der Waals surface area contributed by atoms with Crippen LogP contribution < -0.4 is 0 Å². The van der Waals surface area contributed by atoms with Crippen LogP contribution in [0.5, 0.6) is 0 Å². The van der Waals surface area contributed by atoms with Crippen LogP contribution in [0.15, 0.2) is 11.6 Å². The fourth-order valence-corrected chi connectivity index (χ4v) is 9.52.